The van der Waals surface area contributed by atoms with Crippen LogP contribution in [0.1, 0.15) is 26.7 Å². The van der Waals surface area contributed by atoms with Crippen molar-refractivity contribution in [3.05, 3.63) is 0 Å². The minimum atomic E-state index is -3.35. The van der Waals surface area contributed by atoms with Gasteiger partial charge >= 0.3 is 7.82 Å². The first-order chi connectivity index (χ1) is 7.20. The molecule has 0 aliphatic carbocycles. The Morgan fingerprint density at radius 1 is 1.27 bits per heavy atom. The lowest BCUT2D eigenvalue weighted by Crippen LogP contribution is -2.14. The van der Waals surface area contributed by atoms with Gasteiger partial charge in [-0.05, 0) is 26.7 Å². The van der Waals surface area contributed by atoms with Gasteiger partial charge in [-0.25, -0.2) is 4.57 Å². The van der Waals surface area contributed by atoms with E-state index in [2.05, 4.69) is 0 Å². The summed E-state index contributed by atoms with van der Waals surface area (Å²) in [6.07, 6.45) is 2.00. The lowest BCUT2D eigenvalue weighted by Gasteiger charge is -2.18. The Morgan fingerprint density at radius 3 is 2.40 bits per heavy atom. The quantitative estimate of drug-likeness (QED) is 0.637. The van der Waals surface area contributed by atoms with Crippen LogP contribution < -0.4 is 0 Å². The molecule has 1 rings (SSSR count). The minimum Gasteiger partial charge on any atom is -0.376 e. The molecule has 0 aromatic heterocycles. The van der Waals surface area contributed by atoms with Gasteiger partial charge in [-0.2, -0.15) is 0 Å². The summed E-state index contributed by atoms with van der Waals surface area (Å²) in [5, 5.41) is 0. The lowest BCUT2D eigenvalue weighted by atomic mass is 10.2. The van der Waals surface area contributed by atoms with Gasteiger partial charge in [0.2, 0.25) is 0 Å². The first-order valence-corrected chi connectivity index (χ1v) is 6.81. The molecular formula is C9H19O5P. The molecular weight excluding hydrogens is 219 g/mol. The van der Waals surface area contributed by atoms with E-state index in [0.29, 0.717) is 13.2 Å². The fourth-order valence-electron chi connectivity index (χ4n) is 1.38. The van der Waals surface area contributed by atoms with Crippen molar-refractivity contribution in [3.8, 4) is 0 Å². The first-order valence-electron chi connectivity index (χ1n) is 5.35. The predicted molar refractivity (Wildman–Crippen MR) is 55.8 cm³/mol. The van der Waals surface area contributed by atoms with Crippen LogP contribution in [0, 0.1) is 0 Å². The molecule has 1 atom stereocenters. The van der Waals surface area contributed by atoms with Crippen molar-refractivity contribution in [3.63, 3.8) is 0 Å². The van der Waals surface area contributed by atoms with Gasteiger partial charge in [-0.1, -0.05) is 0 Å². The van der Waals surface area contributed by atoms with E-state index in [-0.39, 0.29) is 12.7 Å². The molecule has 90 valence electrons. The maximum atomic E-state index is 11.8. The van der Waals surface area contributed by atoms with Crippen LogP contribution in [-0.4, -0.2) is 32.5 Å². The van der Waals surface area contributed by atoms with E-state index in [1.165, 1.54) is 0 Å². The second-order valence-corrected chi connectivity index (χ2v) is 4.88. The SMILES string of the molecule is CCOP(=O)(OCC)OCC1CCCO1. The second-order valence-electron chi connectivity index (χ2n) is 3.21. The molecule has 0 radical (unpaired) electrons. The topological polar surface area (TPSA) is 54.0 Å². The highest BCUT2D eigenvalue weighted by atomic mass is 31.2. The van der Waals surface area contributed by atoms with Crippen molar-refractivity contribution < 1.29 is 22.9 Å². The molecule has 1 unspecified atom stereocenters. The zero-order valence-corrected chi connectivity index (χ0v) is 10.2. The zero-order valence-electron chi connectivity index (χ0n) is 9.31. The predicted octanol–water partition coefficient (Wildman–Crippen LogP) is 2.36. The average molecular weight is 238 g/mol. The van der Waals surface area contributed by atoms with Crippen LogP contribution in [-0.2, 0) is 22.9 Å². The summed E-state index contributed by atoms with van der Waals surface area (Å²) in [4.78, 5) is 0. The normalized spacial score (nSPS) is 22.1. The Morgan fingerprint density at radius 2 is 1.93 bits per heavy atom. The van der Waals surface area contributed by atoms with Crippen LogP contribution in [0.15, 0.2) is 0 Å². The van der Waals surface area contributed by atoms with E-state index in [0.717, 1.165) is 19.4 Å². The highest BCUT2D eigenvalue weighted by Gasteiger charge is 2.28. The van der Waals surface area contributed by atoms with Crippen LogP contribution in [0.5, 0.6) is 0 Å². The Bertz CT molecular complexity index is 205. The van der Waals surface area contributed by atoms with E-state index in [1.807, 2.05) is 0 Å². The van der Waals surface area contributed by atoms with Crippen molar-refractivity contribution in [1.82, 2.24) is 0 Å². The number of hydrogen-bond acceptors (Lipinski definition) is 5. The molecule has 0 spiro atoms. The average Bonchev–Trinajstić information content (AvgIpc) is 2.68. The molecule has 0 saturated carbocycles. The number of rotatable bonds is 7. The van der Waals surface area contributed by atoms with Crippen molar-refractivity contribution in [2.75, 3.05) is 26.4 Å². The third-order valence-electron chi connectivity index (χ3n) is 2.02. The van der Waals surface area contributed by atoms with Crippen LogP contribution >= 0.6 is 7.82 Å². The molecule has 1 saturated heterocycles. The van der Waals surface area contributed by atoms with E-state index >= 15 is 0 Å². The van der Waals surface area contributed by atoms with Crippen LogP contribution in [0.25, 0.3) is 0 Å². The van der Waals surface area contributed by atoms with Gasteiger partial charge in [0, 0.05) is 6.61 Å². The van der Waals surface area contributed by atoms with Crippen LogP contribution in [0.3, 0.4) is 0 Å². The second kappa shape index (κ2) is 6.61. The van der Waals surface area contributed by atoms with E-state index < -0.39 is 7.82 Å². The van der Waals surface area contributed by atoms with Crippen molar-refractivity contribution in [2.24, 2.45) is 0 Å². The third kappa shape index (κ3) is 4.62. The summed E-state index contributed by atoms with van der Waals surface area (Å²) < 4.78 is 32.3. The largest absolute Gasteiger partial charge is 0.474 e. The van der Waals surface area contributed by atoms with Crippen LogP contribution in [0.2, 0.25) is 0 Å². The standard InChI is InChI=1S/C9H19O5P/c1-3-12-15(10,13-4-2)14-8-9-6-5-7-11-9/h9H,3-8H2,1-2H3. The van der Waals surface area contributed by atoms with Gasteiger partial charge in [0.1, 0.15) is 0 Å². The molecule has 15 heavy (non-hydrogen) atoms. The minimum absolute atomic E-state index is 0.0271. The Balaban J connectivity index is 2.32. The zero-order chi connectivity index (χ0) is 11.1. The van der Waals surface area contributed by atoms with Gasteiger partial charge < -0.3 is 4.74 Å². The van der Waals surface area contributed by atoms with E-state index in [1.54, 1.807) is 13.8 Å². The molecule has 1 aliphatic heterocycles. The lowest BCUT2D eigenvalue weighted by molar-refractivity contribution is 0.0416. The molecule has 0 N–H and O–H groups in total. The number of phosphoric acid groups is 1. The van der Waals surface area contributed by atoms with Crippen LogP contribution in [0.4, 0.5) is 0 Å². The summed E-state index contributed by atoms with van der Waals surface area (Å²) in [6, 6.07) is 0. The Hall–Kier alpha value is 0.0700. The molecule has 1 aliphatic rings. The van der Waals surface area contributed by atoms with Gasteiger partial charge in [0.25, 0.3) is 0 Å². The molecule has 5 nitrogen and oxygen atoms in total. The van der Waals surface area contributed by atoms with E-state index in [4.69, 9.17) is 18.3 Å². The molecule has 0 bridgehead atoms. The highest BCUT2D eigenvalue weighted by Crippen LogP contribution is 2.49. The summed E-state index contributed by atoms with van der Waals surface area (Å²) in [7, 11) is -3.35. The number of ether oxygens (including phenoxy) is 1. The summed E-state index contributed by atoms with van der Waals surface area (Å²) >= 11 is 0. The van der Waals surface area contributed by atoms with E-state index in [9.17, 15) is 4.57 Å². The molecule has 0 amide bonds. The molecule has 1 fully saturated rings. The molecule has 0 aromatic rings. The number of hydrogen-bond donors (Lipinski definition) is 0. The van der Waals surface area contributed by atoms with Gasteiger partial charge in [-0.15, -0.1) is 0 Å². The smallest absolute Gasteiger partial charge is 0.376 e. The molecule has 0 aromatic carbocycles. The Labute approximate surface area is 90.7 Å². The van der Waals surface area contributed by atoms with Crippen molar-refractivity contribution in [2.45, 2.75) is 32.8 Å². The summed E-state index contributed by atoms with van der Waals surface area (Å²) in [5.74, 6) is 0. The monoisotopic (exact) mass is 238 g/mol. The van der Waals surface area contributed by atoms with Gasteiger partial charge in [-0.3, -0.25) is 13.6 Å². The molecule has 1 heterocycles. The summed E-state index contributed by atoms with van der Waals surface area (Å²) in [6.45, 7) is 5.15. The highest BCUT2D eigenvalue weighted by molar-refractivity contribution is 7.48. The maximum Gasteiger partial charge on any atom is 0.474 e. The summed E-state index contributed by atoms with van der Waals surface area (Å²) in [5.41, 5.74) is 0. The number of phosphoric ester groups is 1. The molecule has 6 heteroatoms. The maximum absolute atomic E-state index is 11.8. The van der Waals surface area contributed by atoms with Gasteiger partial charge in [0.15, 0.2) is 0 Å². The fraction of sp³-hybridized carbons (Fsp3) is 1.00. The van der Waals surface area contributed by atoms with Crippen molar-refractivity contribution in [1.29, 1.82) is 0 Å². The van der Waals surface area contributed by atoms with Crippen molar-refractivity contribution >= 4 is 7.82 Å². The first kappa shape index (κ1) is 13.1. The van der Waals surface area contributed by atoms with Gasteiger partial charge in [0.05, 0.1) is 25.9 Å². The fourth-order valence-corrected chi connectivity index (χ4v) is 2.58. The Kier molecular flexibility index (Phi) is 5.79. The third-order valence-corrected chi connectivity index (χ3v) is 3.63.